The fourth-order valence-corrected chi connectivity index (χ4v) is 3.74. The molecule has 22 heavy (non-hydrogen) atoms. The second kappa shape index (κ2) is 4.97. The number of aryl methyl sites for hydroxylation is 2. The van der Waals surface area contributed by atoms with Gasteiger partial charge in [0.1, 0.15) is 17.4 Å². The van der Waals surface area contributed by atoms with E-state index in [0.29, 0.717) is 0 Å². The van der Waals surface area contributed by atoms with E-state index in [9.17, 15) is 0 Å². The van der Waals surface area contributed by atoms with E-state index in [4.69, 9.17) is 0 Å². The van der Waals surface area contributed by atoms with Crippen molar-refractivity contribution in [3.05, 3.63) is 30.1 Å². The van der Waals surface area contributed by atoms with Crippen LogP contribution in [0.5, 0.6) is 0 Å². The zero-order valence-electron chi connectivity index (χ0n) is 13.5. The standard InChI is InChI=1S/C18H22N4/c1-12-6-7-15-14(9-12)16-17(21(15)3)18(20-11-19-16)22-8-4-5-13(2)10-22/h6-7,9,11,13H,4-5,8,10H2,1-3H3/t13-/m1/s1. The largest absolute Gasteiger partial charge is 0.355 e. The second-order valence-corrected chi connectivity index (χ2v) is 6.67. The molecule has 1 aliphatic rings. The first-order valence-corrected chi connectivity index (χ1v) is 8.10. The minimum absolute atomic E-state index is 0.732. The van der Waals surface area contributed by atoms with Crippen molar-refractivity contribution in [1.82, 2.24) is 14.5 Å². The zero-order valence-corrected chi connectivity index (χ0v) is 13.5. The van der Waals surface area contributed by atoms with E-state index in [0.717, 1.165) is 35.9 Å². The van der Waals surface area contributed by atoms with Gasteiger partial charge in [0, 0.05) is 25.5 Å². The summed E-state index contributed by atoms with van der Waals surface area (Å²) in [4.78, 5) is 11.7. The Morgan fingerprint density at radius 2 is 2.09 bits per heavy atom. The third kappa shape index (κ3) is 1.97. The lowest BCUT2D eigenvalue weighted by Crippen LogP contribution is -2.35. The number of anilines is 1. The van der Waals surface area contributed by atoms with Gasteiger partial charge in [0.05, 0.1) is 5.52 Å². The van der Waals surface area contributed by atoms with E-state index in [1.807, 2.05) is 0 Å². The molecule has 3 aromatic rings. The van der Waals surface area contributed by atoms with Gasteiger partial charge in [-0.05, 0) is 37.8 Å². The number of hydrogen-bond donors (Lipinski definition) is 0. The minimum Gasteiger partial charge on any atom is -0.355 e. The molecule has 0 spiro atoms. The Morgan fingerprint density at radius 3 is 2.91 bits per heavy atom. The van der Waals surface area contributed by atoms with Crippen molar-refractivity contribution in [3.8, 4) is 0 Å². The fourth-order valence-electron chi connectivity index (χ4n) is 3.74. The van der Waals surface area contributed by atoms with E-state index in [1.165, 1.54) is 29.3 Å². The van der Waals surface area contributed by atoms with Gasteiger partial charge in [-0.15, -0.1) is 0 Å². The molecule has 1 aromatic carbocycles. The molecule has 0 unspecified atom stereocenters. The molecule has 0 aliphatic carbocycles. The lowest BCUT2D eigenvalue weighted by molar-refractivity contribution is 0.445. The predicted molar refractivity (Wildman–Crippen MR) is 91.4 cm³/mol. The third-order valence-electron chi connectivity index (χ3n) is 4.86. The molecule has 1 saturated heterocycles. The van der Waals surface area contributed by atoms with Crippen LogP contribution in [0.1, 0.15) is 25.3 Å². The van der Waals surface area contributed by atoms with Gasteiger partial charge in [0.15, 0.2) is 5.82 Å². The summed E-state index contributed by atoms with van der Waals surface area (Å²) in [6, 6.07) is 6.58. The second-order valence-electron chi connectivity index (χ2n) is 6.67. The molecular formula is C18H22N4. The van der Waals surface area contributed by atoms with Crippen LogP contribution in [0.2, 0.25) is 0 Å². The molecule has 3 heterocycles. The quantitative estimate of drug-likeness (QED) is 0.687. The Morgan fingerprint density at radius 1 is 1.23 bits per heavy atom. The first kappa shape index (κ1) is 13.6. The van der Waals surface area contributed by atoms with Crippen molar-refractivity contribution in [2.45, 2.75) is 26.7 Å². The summed E-state index contributed by atoms with van der Waals surface area (Å²) in [6.45, 7) is 6.64. The molecule has 0 radical (unpaired) electrons. The van der Waals surface area contributed by atoms with E-state index >= 15 is 0 Å². The Hall–Kier alpha value is -2.10. The SMILES string of the molecule is Cc1ccc2c(c1)c1ncnc(N3CCC[C@@H](C)C3)c1n2C. The van der Waals surface area contributed by atoms with Crippen LogP contribution in [0.15, 0.2) is 24.5 Å². The lowest BCUT2D eigenvalue weighted by Gasteiger charge is -2.32. The van der Waals surface area contributed by atoms with Gasteiger partial charge < -0.3 is 9.47 Å². The Labute approximate surface area is 130 Å². The van der Waals surface area contributed by atoms with Crippen LogP contribution >= 0.6 is 0 Å². The molecule has 0 amide bonds. The molecule has 114 valence electrons. The summed E-state index contributed by atoms with van der Waals surface area (Å²) in [5.41, 5.74) is 4.74. The van der Waals surface area contributed by atoms with Crippen molar-refractivity contribution in [1.29, 1.82) is 0 Å². The molecular weight excluding hydrogens is 272 g/mol. The summed E-state index contributed by atoms with van der Waals surface area (Å²) in [7, 11) is 2.13. The summed E-state index contributed by atoms with van der Waals surface area (Å²) in [6.07, 6.45) is 4.29. The monoisotopic (exact) mass is 294 g/mol. The van der Waals surface area contributed by atoms with Crippen molar-refractivity contribution in [2.24, 2.45) is 13.0 Å². The first-order valence-electron chi connectivity index (χ1n) is 8.10. The van der Waals surface area contributed by atoms with Crippen LogP contribution in [0, 0.1) is 12.8 Å². The minimum atomic E-state index is 0.732. The molecule has 4 rings (SSSR count). The van der Waals surface area contributed by atoms with E-state index in [-0.39, 0.29) is 0 Å². The van der Waals surface area contributed by atoms with Crippen molar-refractivity contribution in [3.63, 3.8) is 0 Å². The summed E-state index contributed by atoms with van der Waals surface area (Å²) >= 11 is 0. The third-order valence-corrected chi connectivity index (χ3v) is 4.86. The first-order chi connectivity index (χ1) is 10.6. The van der Waals surface area contributed by atoms with E-state index < -0.39 is 0 Å². The average molecular weight is 294 g/mol. The van der Waals surface area contributed by atoms with Gasteiger partial charge in [-0.2, -0.15) is 0 Å². The summed E-state index contributed by atoms with van der Waals surface area (Å²) in [5, 5.41) is 1.23. The number of hydrogen-bond acceptors (Lipinski definition) is 3. The Bertz CT molecular complexity index is 849. The number of fused-ring (bicyclic) bond motifs is 3. The molecule has 2 aromatic heterocycles. The maximum absolute atomic E-state index is 4.64. The van der Waals surface area contributed by atoms with E-state index in [2.05, 4.69) is 58.5 Å². The van der Waals surface area contributed by atoms with Crippen LogP contribution < -0.4 is 4.90 Å². The number of aromatic nitrogens is 3. The Balaban J connectivity index is 1.98. The van der Waals surface area contributed by atoms with Gasteiger partial charge in [-0.1, -0.05) is 18.6 Å². The molecule has 4 nitrogen and oxygen atoms in total. The van der Waals surface area contributed by atoms with Crippen molar-refractivity contribution in [2.75, 3.05) is 18.0 Å². The molecule has 0 saturated carbocycles. The Kier molecular flexibility index (Phi) is 3.06. The normalized spacial score (nSPS) is 19.2. The lowest BCUT2D eigenvalue weighted by atomic mass is 10.0. The van der Waals surface area contributed by atoms with E-state index in [1.54, 1.807) is 6.33 Å². The van der Waals surface area contributed by atoms with Gasteiger partial charge in [-0.25, -0.2) is 9.97 Å². The topological polar surface area (TPSA) is 34.0 Å². The number of piperidine rings is 1. The highest BCUT2D eigenvalue weighted by Crippen LogP contribution is 2.33. The van der Waals surface area contributed by atoms with Gasteiger partial charge in [-0.3, -0.25) is 0 Å². The smallest absolute Gasteiger partial charge is 0.156 e. The molecule has 0 N–H and O–H groups in total. The number of nitrogens with zero attached hydrogens (tertiary/aromatic N) is 4. The van der Waals surface area contributed by atoms with Gasteiger partial charge in [0.2, 0.25) is 0 Å². The highest BCUT2D eigenvalue weighted by atomic mass is 15.2. The van der Waals surface area contributed by atoms with Gasteiger partial charge >= 0.3 is 0 Å². The molecule has 1 fully saturated rings. The average Bonchev–Trinajstić information content (AvgIpc) is 2.80. The van der Waals surface area contributed by atoms with Gasteiger partial charge in [0.25, 0.3) is 0 Å². The number of benzene rings is 1. The molecule has 1 atom stereocenters. The zero-order chi connectivity index (χ0) is 15.3. The fraction of sp³-hybridized carbons (Fsp3) is 0.444. The van der Waals surface area contributed by atoms with Crippen molar-refractivity contribution >= 4 is 27.8 Å². The maximum atomic E-state index is 4.64. The van der Waals surface area contributed by atoms with Crippen molar-refractivity contribution < 1.29 is 0 Å². The molecule has 1 aliphatic heterocycles. The van der Waals surface area contributed by atoms with Crippen LogP contribution in [0.4, 0.5) is 5.82 Å². The van der Waals surface area contributed by atoms with Crippen LogP contribution in [0.25, 0.3) is 21.9 Å². The highest BCUT2D eigenvalue weighted by molar-refractivity contribution is 6.09. The highest BCUT2D eigenvalue weighted by Gasteiger charge is 2.22. The van der Waals surface area contributed by atoms with Crippen LogP contribution in [-0.4, -0.2) is 27.6 Å². The van der Waals surface area contributed by atoms with Crippen LogP contribution in [-0.2, 0) is 7.05 Å². The maximum Gasteiger partial charge on any atom is 0.156 e. The molecule has 0 bridgehead atoms. The predicted octanol–water partition coefficient (Wildman–Crippen LogP) is 3.67. The molecule has 4 heteroatoms. The van der Waals surface area contributed by atoms with Crippen LogP contribution in [0.3, 0.4) is 0 Å². The summed E-state index contributed by atoms with van der Waals surface area (Å²) in [5.74, 6) is 1.82. The summed E-state index contributed by atoms with van der Waals surface area (Å²) < 4.78 is 2.25. The number of rotatable bonds is 1.